The van der Waals surface area contributed by atoms with Crippen molar-refractivity contribution in [1.82, 2.24) is 0 Å². The number of hydrogen-bond acceptors (Lipinski definition) is 6. The van der Waals surface area contributed by atoms with Crippen LogP contribution in [-0.4, -0.2) is 24.2 Å². The second-order valence-electron chi connectivity index (χ2n) is 8.65. The van der Waals surface area contributed by atoms with E-state index in [2.05, 4.69) is 16.9 Å². The van der Waals surface area contributed by atoms with Crippen LogP contribution in [0.4, 0.5) is 5.69 Å². The van der Waals surface area contributed by atoms with Gasteiger partial charge in [0.2, 0.25) is 11.9 Å². The van der Waals surface area contributed by atoms with Gasteiger partial charge in [-0.05, 0) is 32.4 Å². The average molecular weight is 416 g/mol. The number of nitrogens with zero attached hydrogens (tertiary/aromatic N) is 3. The molecule has 0 fully saturated rings. The number of unbranched alkanes of at least 4 members (excludes halogenated alkanes) is 10. The van der Waals surface area contributed by atoms with Gasteiger partial charge in [-0.25, -0.2) is 4.99 Å². The fourth-order valence-electron chi connectivity index (χ4n) is 3.92. The summed E-state index contributed by atoms with van der Waals surface area (Å²) >= 11 is 0. The minimum Gasteiger partial charge on any atom is -0.494 e. The minimum atomic E-state index is -0.593. The smallest absolute Gasteiger partial charge is 0.220 e. The molecule has 0 bridgehead atoms. The Kier molecular flexibility index (Phi) is 9.98. The van der Waals surface area contributed by atoms with Crippen LogP contribution < -0.4 is 21.1 Å². The number of hydrogen-bond donors (Lipinski definition) is 2. The lowest BCUT2D eigenvalue weighted by Crippen LogP contribution is -2.54. The molecule has 0 saturated carbocycles. The summed E-state index contributed by atoms with van der Waals surface area (Å²) in [7, 11) is 0. The molecule has 0 spiro atoms. The molecule has 1 aromatic rings. The van der Waals surface area contributed by atoms with Gasteiger partial charge < -0.3 is 16.2 Å². The zero-order valence-electron chi connectivity index (χ0n) is 19.2. The summed E-state index contributed by atoms with van der Waals surface area (Å²) in [6.07, 6.45) is 14.7. The van der Waals surface area contributed by atoms with E-state index in [0.717, 1.165) is 24.5 Å². The van der Waals surface area contributed by atoms with Gasteiger partial charge in [0.25, 0.3) is 0 Å². The van der Waals surface area contributed by atoms with Gasteiger partial charge in [-0.1, -0.05) is 77.2 Å². The van der Waals surface area contributed by atoms with E-state index in [-0.39, 0.29) is 5.96 Å². The van der Waals surface area contributed by atoms with E-state index in [1.54, 1.807) is 0 Å². The number of guanidine groups is 2. The molecule has 30 heavy (non-hydrogen) atoms. The number of aliphatic imine (C=N–C) groups is 2. The van der Waals surface area contributed by atoms with Crippen molar-refractivity contribution in [3.63, 3.8) is 0 Å². The predicted molar refractivity (Wildman–Crippen MR) is 128 cm³/mol. The maximum Gasteiger partial charge on any atom is 0.220 e. The van der Waals surface area contributed by atoms with Crippen molar-refractivity contribution < 1.29 is 4.74 Å². The summed E-state index contributed by atoms with van der Waals surface area (Å²) in [6, 6.07) is 7.91. The summed E-state index contributed by atoms with van der Waals surface area (Å²) in [4.78, 5) is 10.4. The Labute approximate surface area is 182 Å². The molecule has 0 saturated heterocycles. The fraction of sp³-hybridized carbons (Fsp3) is 0.667. The van der Waals surface area contributed by atoms with Crippen LogP contribution >= 0.6 is 0 Å². The predicted octanol–water partition coefficient (Wildman–Crippen LogP) is 5.56. The number of nitrogens with two attached hydrogens (primary N) is 2. The van der Waals surface area contributed by atoms with Crippen molar-refractivity contribution in [2.75, 3.05) is 11.5 Å². The average Bonchev–Trinajstić information content (AvgIpc) is 2.67. The lowest BCUT2D eigenvalue weighted by atomic mass is 10.1. The first-order chi connectivity index (χ1) is 14.4. The summed E-state index contributed by atoms with van der Waals surface area (Å²) in [5, 5.41) is 0. The van der Waals surface area contributed by atoms with Crippen LogP contribution in [0, 0.1) is 0 Å². The molecule has 0 unspecified atom stereocenters. The Hall–Kier alpha value is -2.24. The molecular weight excluding hydrogens is 374 g/mol. The third-order valence-electron chi connectivity index (χ3n) is 5.49. The van der Waals surface area contributed by atoms with E-state index in [4.69, 9.17) is 16.2 Å². The molecule has 2 rings (SSSR count). The fourth-order valence-corrected chi connectivity index (χ4v) is 3.92. The maximum absolute atomic E-state index is 6.12. The number of ether oxygens (including phenoxy) is 1. The highest BCUT2D eigenvalue weighted by atomic mass is 16.5. The SMILES string of the molecule is CCCCCCCCCCCCCOc1cccc(N2C(N)=NC(N)=NC2(C)C)c1. The highest BCUT2D eigenvalue weighted by molar-refractivity contribution is 6.05. The van der Waals surface area contributed by atoms with E-state index in [1.165, 1.54) is 64.2 Å². The summed E-state index contributed by atoms with van der Waals surface area (Å²) in [5.41, 5.74) is 12.2. The van der Waals surface area contributed by atoms with E-state index < -0.39 is 5.66 Å². The third-order valence-corrected chi connectivity index (χ3v) is 5.49. The molecule has 0 aromatic heterocycles. The van der Waals surface area contributed by atoms with Gasteiger partial charge in [0.05, 0.1) is 6.61 Å². The van der Waals surface area contributed by atoms with Crippen LogP contribution in [0.3, 0.4) is 0 Å². The molecule has 0 radical (unpaired) electrons. The van der Waals surface area contributed by atoms with Crippen molar-refractivity contribution in [3.8, 4) is 5.75 Å². The largest absolute Gasteiger partial charge is 0.494 e. The second kappa shape index (κ2) is 12.5. The normalized spacial score (nSPS) is 15.6. The van der Waals surface area contributed by atoms with Crippen LogP contribution in [0.5, 0.6) is 5.75 Å². The first-order valence-corrected chi connectivity index (χ1v) is 11.7. The molecule has 1 aliphatic rings. The van der Waals surface area contributed by atoms with Crippen LogP contribution in [0.25, 0.3) is 0 Å². The Morgan fingerprint density at radius 3 is 2.10 bits per heavy atom. The molecule has 4 N–H and O–H groups in total. The minimum absolute atomic E-state index is 0.206. The maximum atomic E-state index is 6.12. The molecule has 6 heteroatoms. The molecule has 6 nitrogen and oxygen atoms in total. The van der Waals surface area contributed by atoms with E-state index in [9.17, 15) is 0 Å². The highest BCUT2D eigenvalue weighted by Crippen LogP contribution is 2.30. The van der Waals surface area contributed by atoms with Crippen LogP contribution in [0.2, 0.25) is 0 Å². The van der Waals surface area contributed by atoms with E-state index in [0.29, 0.717) is 5.96 Å². The Balaban J connectivity index is 1.66. The highest BCUT2D eigenvalue weighted by Gasteiger charge is 2.33. The number of anilines is 1. The standard InChI is InChI=1S/C24H41N5O/c1-4-5-6-7-8-9-10-11-12-13-14-18-30-21-17-15-16-20(19-21)29-23(26)27-22(25)28-24(29,2)3/h15-17,19H,4-14,18H2,1-3H3,(H4,25,26,27,28). The molecule has 0 aliphatic carbocycles. The number of rotatable bonds is 14. The Bertz CT molecular complexity index is 699. The quantitative estimate of drug-likeness (QED) is 0.389. The Morgan fingerprint density at radius 1 is 0.900 bits per heavy atom. The first kappa shape index (κ1) is 24.0. The van der Waals surface area contributed by atoms with Crippen molar-refractivity contribution >= 4 is 17.6 Å². The molecule has 1 aromatic carbocycles. The van der Waals surface area contributed by atoms with Gasteiger partial charge >= 0.3 is 0 Å². The van der Waals surface area contributed by atoms with Gasteiger partial charge in [-0.15, -0.1) is 0 Å². The molecular formula is C24H41N5O. The Morgan fingerprint density at radius 2 is 1.50 bits per heavy atom. The van der Waals surface area contributed by atoms with Crippen molar-refractivity contribution in [1.29, 1.82) is 0 Å². The lowest BCUT2D eigenvalue weighted by Gasteiger charge is -2.38. The summed E-state index contributed by atoms with van der Waals surface area (Å²) < 4.78 is 5.98. The zero-order chi connectivity index (χ0) is 21.8. The molecule has 1 heterocycles. The molecule has 168 valence electrons. The zero-order valence-corrected chi connectivity index (χ0v) is 19.2. The van der Waals surface area contributed by atoms with Crippen LogP contribution in [0.1, 0.15) is 91.4 Å². The summed E-state index contributed by atoms with van der Waals surface area (Å²) in [6.45, 7) is 6.92. The number of benzene rings is 1. The summed E-state index contributed by atoms with van der Waals surface area (Å²) in [5.74, 6) is 1.39. The van der Waals surface area contributed by atoms with E-state index in [1.807, 2.05) is 43.0 Å². The van der Waals surface area contributed by atoms with E-state index >= 15 is 0 Å². The van der Waals surface area contributed by atoms with Gasteiger partial charge in [0, 0.05) is 11.8 Å². The topological polar surface area (TPSA) is 89.2 Å². The van der Waals surface area contributed by atoms with Crippen LogP contribution in [-0.2, 0) is 0 Å². The second-order valence-corrected chi connectivity index (χ2v) is 8.65. The van der Waals surface area contributed by atoms with Gasteiger partial charge in [-0.3, -0.25) is 4.90 Å². The third kappa shape index (κ3) is 7.88. The molecule has 0 atom stereocenters. The monoisotopic (exact) mass is 415 g/mol. The van der Waals surface area contributed by atoms with Crippen LogP contribution in [0.15, 0.2) is 34.3 Å². The lowest BCUT2D eigenvalue weighted by molar-refractivity contribution is 0.304. The molecule has 1 aliphatic heterocycles. The van der Waals surface area contributed by atoms with Crippen molar-refractivity contribution in [3.05, 3.63) is 24.3 Å². The van der Waals surface area contributed by atoms with Gasteiger partial charge in [-0.2, -0.15) is 4.99 Å². The van der Waals surface area contributed by atoms with Gasteiger partial charge in [0.1, 0.15) is 11.4 Å². The van der Waals surface area contributed by atoms with Crippen molar-refractivity contribution in [2.45, 2.75) is 97.1 Å². The first-order valence-electron chi connectivity index (χ1n) is 11.7. The van der Waals surface area contributed by atoms with Gasteiger partial charge in [0.15, 0.2) is 0 Å². The van der Waals surface area contributed by atoms with Crippen molar-refractivity contribution in [2.24, 2.45) is 21.5 Å². The molecule has 0 amide bonds.